The Bertz CT molecular complexity index is 340. The second-order valence-electron chi connectivity index (χ2n) is 1.85. The first-order chi connectivity index (χ1) is 5.11. The van der Waals surface area contributed by atoms with E-state index in [9.17, 15) is 12.8 Å². The molecule has 0 saturated heterocycles. The molecule has 1 aromatic rings. The van der Waals surface area contributed by atoms with Crippen molar-refractivity contribution in [3.8, 4) is 0 Å². The molecule has 0 N–H and O–H groups in total. The third kappa shape index (κ3) is 2.00. The number of hydrogen-bond acceptors (Lipinski definition) is 2. The summed E-state index contributed by atoms with van der Waals surface area (Å²) in [6.45, 7) is 0. The maximum atomic E-state index is 12.6. The van der Waals surface area contributed by atoms with Gasteiger partial charge in [-0.1, -0.05) is 15.9 Å². The summed E-state index contributed by atoms with van der Waals surface area (Å²) in [5, 5.41) is 0. The lowest BCUT2D eigenvalue weighted by Crippen LogP contribution is -1.86. The standard InChI is InChI=1S/C6H4BrFO2S/c7-4-1-2-5(8)6(3-4)11(9)10/h1-3,11H. The molecular formula is C6H4BrFO2S. The van der Waals surface area contributed by atoms with Crippen LogP contribution >= 0.6 is 15.9 Å². The fourth-order valence-corrected chi connectivity index (χ4v) is 1.66. The SMILES string of the molecule is O=[SH](=O)c1cc(Br)ccc1F. The minimum absolute atomic E-state index is 0.283. The van der Waals surface area contributed by atoms with Crippen LogP contribution in [0.2, 0.25) is 0 Å². The molecule has 1 rings (SSSR count). The molecule has 0 heterocycles. The molecule has 0 amide bonds. The van der Waals surface area contributed by atoms with Gasteiger partial charge in [0.25, 0.3) is 0 Å². The first-order valence-electron chi connectivity index (χ1n) is 2.70. The highest BCUT2D eigenvalue weighted by Crippen LogP contribution is 2.15. The predicted octanol–water partition coefficient (Wildman–Crippen LogP) is 1.56. The molecule has 11 heavy (non-hydrogen) atoms. The van der Waals surface area contributed by atoms with Crippen molar-refractivity contribution in [1.82, 2.24) is 0 Å². The number of rotatable bonds is 1. The topological polar surface area (TPSA) is 34.1 Å². The molecule has 0 unspecified atom stereocenters. The highest BCUT2D eigenvalue weighted by Gasteiger charge is 2.03. The average Bonchev–Trinajstić information content (AvgIpc) is 1.94. The third-order valence-corrected chi connectivity index (χ3v) is 2.33. The number of thiol groups is 1. The van der Waals surface area contributed by atoms with Crippen molar-refractivity contribution in [3.05, 3.63) is 28.5 Å². The summed E-state index contributed by atoms with van der Waals surface area (Å²) in [6, 6.07) is 3.77. The summed E-state index contributed by atoms with van der Waals surface area (Å²) >= 11 is 3.03. The first-order valence-corrected chi connectivity index (χ1v) is 4.68. The Labute approximate surface area is 73.1 Å². The van der Waals surface area contributed by atoms with Crippen LogP contribution in [0.3, 0.4) is 0 Å². The summed E-state index contributed by atoms with van der Waals surface area (Å²) < 4.78 is 33.9. The van der Waals surface area contributed by atoms with Crippen molar-refractivity contribution >= 4 is 26.6 Å². The van der Waals surface area contributed by atoms with Crippen molar-refractivity contribution in [2.75, 3.05) is 0 Å². The maximum Gasteiger partial charge on any atom is 0.171 e. The molecule has 0 fully saturated rings. The Morgan fingerprint density at radius 1 is 1.36 bits per heavy atom. The van der Waals surface area contributed by atoms with Crippen molar-refractivity contribution in [3.63, 3.8) is 0 Å². The van der Waals surface area contributed by atoms with Crippen LogP contribution in [0.25, 0.3) is 0 Å². The molecule has 0 aliphatic rings. The lowest BCUT2D eigenvalue weighted by molar-refractivity contribution is 0.578. The van der Waals surface area contributed by atoms with Gasteiger partial charge in [0.2, 0.25) is 0 Å². The normalized spacial score (nSPS) is 10.5. The fourth-order valence-electron chi connectivity index (χ4n) is 0.626. The van der Waals surface area contributed by atoms with E-state index in [1.807, 2.05) is 0 Å². The molecule has 0 spiro atoms. The van der Waals surface area contributed by atoms with Gasteiger partial charge in [-0.05, 0) is 18.2 Å². The van der Waals surface area contributed by atoms with Gasteiger partial charge in [0.1, 0.15) is 10.7 Å². The third-order valence-electron chi connectivity index (χ3n) is 1.10. The summed E-state index contributed by atoms with van der Waals surface area (Å²) in [6.07, 6.45) is 0. The predicted molar refractivity (Wildman–Crippen MR) is 42.7 cm³/mol. The van der Waals surface area contributed by atoms with Crippen molar-refractivity contribution in [2.24, 2.45) is 0 Å². The van der Waals surface area contributed by atoms with E-state index < -0.39 is 16.5 Å². The van der Waals surface area contributed by atoms with Gasteiger partial charge < -0.3 is 0 Å². The molecule has 0 radical (unpaired) electrons. The van der Waals surface area contributed by atoms with E-state index in [0.717, 1.165) is 6.07 Å². The van der Waals surface area contributed by atoms with Crippen LogP contribution in [0.5, 0.6) is 0 Å². The molecule has 1 aromatic carbocycles. The van der Waals surface area contributed by atoms with Gasteiger partial charge in [0.05, 0.1) is 0 Å². The van der Waals surface area contributed by atoms with Gasteiger partial charge >= 0.3 is 0 Å². The molecule has 60 valence electrons. The quantitative estimate of drug-likeness (QED) is 0.754. The molecule has 0 aliphatic carbocycles. The van der Waals surface area contributed by atoms with E-state index in [0.29, 0.717) is 4.47 Å². The minimum atomic E-state index is -2.84. The van der Waals surface area contributed by atoms with E-state index in [1.54, 1.807) is 0 Å². The van der Waals surface area contributed by atoms with E-state index >= 15 is 0 Å². The van der Waals surface area contributed by atoms with Gasteiger partial charge in [-0.25, -0.2) is 12.8 Å². The Kier molecular flexibility index (Phi) is 2.62. The number of hydrogen-bond donors (Lipinski definition) is 1. The Morgan fingerprint density at radius 2 is 2.00 bits per heavy atom. The van der Waals surface area contributed by atoms with Crippen LogP contribution < -0.4 is 0 Å². The maximum absolute atomic E-state index is 12.6. The molecule has 2 nitrogen and oxygen atoms in total. The van der Waals surface area contributed by atoms with E-state index in [-0.39, 0.29) is 4.90 Å². The molecule has 0 aliphatic heterocycles. The van der Waals surface area contributed by atoms with Crippen molar-refractivity contribution in [2.45, 2.75) is 4.90 Å². The Hall–Kier alpha value is -0.420. The first kappa shape index (κ1) is 8.67. The van der Waals surface area contributed by atoms with Crippen LogP contribution in [0, 0.1) is 5.82 Å². The van der Waals surface area contributed by atoms with E-state index in [1.165, 1.54) is 12.1 Å². The number of halogens is 2. The second-order valence-corrected chi connectivity index (χ2v) is 3.76. The van der Waals surface area contributed by atoms with Gasteiger partial charge in [0, 0.05) is 4.47 Å². The lowest BCUT2D eigenvalue weighted by Gasteiger charge is -1.93. The molecular weight excluding hydrogens is 235 g/mol. The van der Waals surface area contributed by atoms with Crippen molar-refractivity contribution < 1.29 is 12.8 Å². The lowest BCUT2D eigenvalue weighted by atomic mass is 10.3. The highest BCUT2D eigenvalue weighted by atomic mass is 79.9. The number of benzene rings is 1. The molecule has 0 atom stereocenters. The molecule has 5 heteroatoms. The monoisotopic (exact) mass is 238 g/mol. The highest BCUT2D eigenvalue weighted by molar-refractivity contribution is 9.10. The van der Waals surface area contributed by atoms with Crippen LogP contribution in [0.1, 0.15) is 0 Å². The summed E-state index contributed by atoms with van der Waals surface area (Å²) in [5.41, 5.74) is 0. The zero-order valence-electron chi connectivity index (χ0n) is 5.25. The summed E-state index contributed by atoms with van der Waals surface area (Å²) in [7, 11) is -2.84. The molecule has 0 bridgehead atoms. The largest absolute Gasteiger partial charge is 0.227 e. The van der Waals surface area contributed by atoms with E-state index in [2.05, 4.69) is 15.9 Å². The van der Waals surface area contributed by atoms with Gasteiger partial charge in [-0.3, -0.25) is 0 Å². The minimum Gasteiger partial charge on any atom is -0.227 e. The van der Waals surface area contributed by atoms with Gasteiger partial charge in [-0.15, -0.1) is 0 Å². The van der Waals surface area contributed by atoms with Crippen LogP contribution in [0.15, 0.2) is 27.6 Å². The Balaban J connectivity index is 3.35. The Morgan fingerprint density at radius 3 is 2.45 bits per heavy atom. The zero-order valence-corrected chi connectivity index (χ0v) is 7.73. The zero-order chi connectivity index (χ0) is 8.43. The van der Waals surface area contributed by atoms with Crippen LogP contribution in [-0.2, 0) is 10.7 Å². The van der Waals surface area contributed by atoms with Gasteiger partial charge in [-0.2, -0.15) is 0 Å². The van der Waals surface area contributed by atoms with Gasteiger partial charge in [0.15, 0.2) is 10.7 Å². The second kappa shape index (κ2) is 3.32. The van der Waals surface area contributed by atoms with Crippen LogP contribution in [0.4, 0.5) is 4.39 Å². The molecule has 0 saturated carbocycles. The molecule has 0 aromatic heterocycles. The fraction of sp³-hybridized carbons (Fsp3) is 0. The summed E-state index contributed by atoms with van der Waals surface area (Å²) in [4.78, 5) is -0.283. The van der Waals surface area contributed by atoms with E-state index in [4.69, 9.17) is 0 Å². The summed E-state index contributed by atoms with van der Waals surface area (Å²) in [5.74, 6) is -0.718. The average molecular weight is 239 g/mol. The van der Waals surface area contributed by atoms with Crippen molar-refractivity contribution in [1.29, 1.82) is 0 Å². The smallest absolute Gasteiger partial charge is 0.171 e. The van der Waals surface area contributed by atoms with Crippen LogP contribution in [-0.4, -0.2) is 8.42 Å².